The summed E-state index contributed by atoms with van der Waals surface area (Å²) in [5.41, 5.74) is 6.70. The van der Waals surface area contributed by atoms with Crippen LogP contribution in [0, 0.1) is 0 Å². The molecule has 1 aromatic carbocycles. The van der Waals surface area contributed by atoms with Gasteiger partial charge in [0.15, 0.2) is 0 Å². The van der Waals surface area contributed by atoms with Crippen LogP contribution in [0.15, 0.2) is 23.1 Å². The molecule has 0 aliphatic rings. The number of sulfonamides is 1. The van der Waals surface area contributed by atoms with Gasteiger partial charge in [-0.1, -0.05) is 6.92 Å². The van der Waals surface area contributed by atoms with Gasteiger partial charge >= 0.3 is 0 Å². The Morgan fingerprint density at radius 1 is 1.33 bits per heavy atom. The van der Waals surface area contributed by atoms with Crippen molar-refractivity contribution in [3.05, 3.63) is 18.2 Å². The SMILES string of the molecule is CCCN(CC(=O)NC)c1ccc(S(=O)(=O)NC)c(N)c1. The van der Waals surface area contributed by atoms with Crippen LogP contribution in [0.2, 0.25) is 0 Å². The van der Waals surface area contributed by atoms with E-state index < -0.39 is 10.0 Å². The third-order valence-electron chi connectivity index (χ3n) is 3.02. The van der Waals surface area contributed by atoms with Crippen molar-refractivity contribution in [1.82, 2.24) is 10.0 Å². The quantitative estimate of drug-likeness (QED) is 0.621. The fourth-order valence-electron chi connectivity index (χ4n) is 1.91. The van der Waals surface area contributed by atoms with Crippen molar-refractivity contribution in [1.29, 1.82) is 0 Å². The van der Waals surface area contributed by atoms with Crippen LogP contribution in [0.4, 0.5) is 11.4 Å². The molecule has 4 N–H and O–H groups in total. The number of carbonyl (C=O) groups excluding carboxylic acids is 1. The maximum Gasteiger partial charge on any atom is 0.242 e. The zero-order chi connectivity index (χ0) is 16.0. The van der Waals surface area contributed by atoms with Gasteiger partial charge in [-0.2, -0.15) is 0 Å². The Kier molecular flexibility index (Phi) is 5.98. The van der Waals surface area contributed by atoms with E-state index in [1.165, 1.54) is 13.1 Å². The van der Waals surface area contributed by atoms with E-state index in [0.29, 0.717) is 12.2 Å². The molecule has 0 atom stereocenters. The highest BCUT2D eigenvalue weighted by Gasteiger charge is 2.17. The van der Waals surface area contributed by atoms with E-state index in [4.69, 9.17) is 5.73 Å². The lowest BCUT2D eigenvalue weighted by Crippen LogP contribution is -2.36. The summed E-state index contributed by atoms with van der Waals surface area (Å²) in [6.45, 7) is 2.87. The molecule has 0 spiro atoms. The van der Waals surface area contributed by atoms with Gasteiger partial charge in [0.2, 0.25) is 15.9 Å². The molecule has 0 saturated heterocycles. The van der Waals surface area contributed by atoms with Crippen LogP contribution in [0.5, 0.6) is 0 Å². The summed E-state index contributed by atoms with van der Waals surface area (Å²) in [6.07, 6.45) is 0.855. The van der Waals surface area contributed by atoms with Gasteiger partial charge in [0.05, 0.1) is 12.2 Å². The van der Waals surface area contributed by atoms with E-state index in [0.717, 1.165) is 6.42 Å². The number of hydrogen-bond donors (Lipinski definition) is 3. The number of carbonyl (C=O) groups is 1. The molecule has 21 heavy (non-hydrogen) atoms. The molecule has 1 rings (SSSR count). The number of nitrogens with zero attached hydrogens (tertiary/aromatic N) is 1. The molecule has 118 valence electrons. The first-order valence-electron chi connectivity index (χ1n) is 6.64. The lowest BCUT2D eigenvalue weighted by atomic mass is 10.2. The summed E-state index contributed by atoms with van der Waals surface area (Å²) in [4.78, 5) is 13.4. The van der Waals surface area contributed by atoms with Crippen molar-refractivity contribution in [3.63, 3.8) is 0 Å². The topological polar surface area (TPSA) is 105 Å². The average Bonchev–Trinajstić information content (AvgIpc) is 2.46. The predicted octanol–water partition coefficient (Wildman–Crippen LogP) is 0.139. The molecule has 0 aliphatic carbocycles. The molecule has 1 amide bonds. The molecule has 0 saturated carbocycles. The number of nitrogens with one attached hydrogen (secondary N) is 2. The number of amides is 1. The Labute approximate surface area is 125 Å². The summed E-state index contributed by atoms with van der Waals surface area (Å²) in [6, 6.07) is 4.67. The van der Waals surface area contributed by atoms with Crippen LogP contribution in [-0.2, 0) is 14.8 Å². The zero-order valence-electron chi connectivity index (χ0n) is 12.5. The summed E-state index contributed by atoms with van der Waals surface area (Å²) < 4.78 is 25.8. The van der Waals surface area contributed by atoms with Crippen LogP contribution in [0.1, 0.15) is 13.3 Å². The first-order chi connectivity index (χ1) is 9.85. The fourth-order valence-corrected chi connectivity index (χ4v) is 2.75. The summed E-state index contributed by atoms with van der Waals surface area (Å²) >= 11 is 0. The summed E-state index contributed by atoms with van der Waals surface area (Å²) in [5, 5.41) is 2.57. The summed E-state index contributed by atoms with van der Waals surface area (Å²) in [7, 11) is -0.680. The average molecular weight is 314 g/mol. The van der Waals surface area contributed by atoms with Crippen molar-refractivity contribution in [3.8, 4) is 0 Å². The third kappa shape index (κ3) is 4.33. The van der Waals surface area contributed by atoms with Gasteiger partial charge in [-0.25, -0.2) is 13.1 Å². The number of benzene rings is 1. The number of nitrogens with two attached hydrogens (primary N) is 1. The maximum atomic E-state index is 11.8. The van der Waals surface area contributed by atoms with Crippen LogP contribution < -0.4 is 20.7 Å². The van der Waals surface area contributed by atoms with Crippen molar-refractivity contribution in [2.75, 3.05) is 37.8 Å². The Balaban J connectivity index is 3.12. The number of rotatable bonds is 7. The Morgan fingerprint density at radius 3 is 2.48 bits per heavy atom. The molecule has 1 aromatic rings. The van der Waals surface area contributed by atoms with E-state index in [9.17, 15) is 13.2 Å². The smallest absolute Gasteiger partial charge is 0.242 e. The van der Waals surface area contributed by atoms with Gasteiger partial charge < -0.3 is 16.0 Å². The molecular formula is C13H22N4O3S. The second-order valence-electron chi connectivity index (χ2n) is 4.52. The molecule has 0 bridgehead atoms. The number of anilines is 2. The fraction of sp³-hybridized carbons (Fsp3) is 0.462. The first-order valence-corrected chi connectivity index (χ1v) is 8.12. The lowest BCUT2D eigenvalue weighted by Gasteiger charge is -2.24. The summed E-state index contributed by atoms with van der Waals surface area (Å²) in [5.74, 6) is -0.117. The minimum Gasteiger partial charge on any atom is -0.398 e. The highest BCUT2D eigenvalue weighted by Crippen LogP contribution is 2.24. The van der Waals surface area contributed by atoms with Gasteiger partial charge in [-0.15, -0.1) is 0 Å². The van der Waals surface area contributed by atoms with E-state index in [-0.39, 0.29) is 23.0 Å². The molecule has 0 unspecified atom stereocenters. The largest absolute Gasteiger partial charge is 0.398 e. The monoisotopic (exact) mass is 314 g/mol. The molecule has 8 heteroatoms. The Hall–Kier alpha value is -1.80. The predicted molar refractivity (Wildman–Crippen MR) is 83.7 cm³/mol. The van der Waals surface area contributed by atoms with Gasteiger partial charge in [-0.05, 0) is 31.7 Å². The van der Waals surface area contributed by atoms with Crippen LogP contribution in [-0.4, -0.2) is 41.5 Å². The highest BCUT2D eigenvalue weighted by molar-refractivity contribution is 7.89. The van der Waals surface area contributed by atoms with E-state index >= 15 is 0 Å². The second kappa shape index (κ2) is 7.28. The van der Waals surface area contributed by atoms with Crippen LogP contribution in [0.3, 0.4) is 0 Å². The van der Waals surface area contributed by atoms with E-state index in [2.05, 4.69) is 10.0 Å². The second-order valence-corrected chi connectivity index (χ2v) is 6.38. The minimum atomic E-state index is -3.58. The van der Waals surface area contributed by atoms with Crippen LogP contribution >= 0.6 is 0 Å². The number of likely N-dealkylation sites (N-methyl/N-ethyl adjacent to an activating group) is 1. The van der Waals surface area contributed by atoms with Gasteiger partial charge in [0.25, 0.3) is 0 Å². The zero-order valence-corrected chi connectivity index (χ0v) is 13.3. The minimum absolute atomic E-state index is 0.0325. The molecule has 0 heterocycles. The number of nitrogen functional groups attached to an aromatic ring is 1. The molecule has 0 aliphatic heterocycles. The molecule has 0 radical (unpaired) electrons. The lowest BCUT2D eigenvalue weighted by molar-refractivity contribution is -0.119. The van der Waals surface area contributed by atoms with Crippen molar-refractivity contribution < 1.29 is 13.2 Å². The van der Waals surface area contributed by atoms with Gasteiger partial charge in [0, 0.05) is 19.3 Å². The Morgan fingerprint density at radius 2 is 2.00 bits per heavy atom. The van der Waals surface area contributed by atoms with Crippen molar-refractivity contribution in [2.24, 2.45) is 0 Å². The van der Waals surface area contributed by atoms with E-state index in [1.807, 2.05) is 11.8 Å². The van der Waals surface area contributed by atoms with Gasteiger partial charge in [0.1, 0.15) is 4.90 Å². The number of hydrogen-bond acceptors (Lipinski definition) is 5. The standard InChI is InChI=1S/C13H22N4O3S/c1-4-7-17(9-13(18)15-2)10-5-6-12(11(14)8-10)21(19,20)16-3/h5-6,8,16H,4,7,9,14H2,1-3H3,(H,15,18). The van der Waals surface area contributed by atoms with Gasteiger partial charge in [-0.3, -0.25) is 4.79 Å². The first kappa shape index (κ1) is 17.3. The molecular weight excluding hydrogens is 292 g/mol. The van der Waals surface area contributed by atoms with Crippen molar-refractivity contribution >= 4 is 27.3 Å². The molecule has 0 aromatic heterocycles. The van der Waals surface area contributed by atoms with Crippen molar-refractivity contribution in [2.45, 2.75) is 18.2 Å². The highest BCUT2D eigenvalue weighted by atomic mass is 32.2. The molecule has 7 nitrogen and oxygen atoms in total. The Bertz CT molecular complexity index is 601. The maximum absolute atomic E-state index is 11.8. The normalized spacial score (nSPS) is 11.2. The molecule has 0 fully saturated rings. The van der Waals surface area contributed by atoms with Crippen LogP contribution in [0.25, 0.3) is 0 Å². The third-order valence-corrected chi connectivity index (χ3v) is 4.51. The van der Waals surface area contributed by atoms with E-state index in [1.54, 1.807) is 19.2 Å².